The highest BCUT2D eigenvalue weighted by atomic mass is 16.7. The first-order chi connectivity index (χ1) is 14.9. The van der Waals surface area contributed by atoms with Crippen molar-refractivity contribution < 1.29 is 19.1 Å². The van der Waals surface area contributed by atoms with Crippen molar-refractivity contribution in [2.75, 3.05) is 6.79 Å². The monoisotopic (exact) mass is 414 g/mol. The van der Waals surface area contributed by atoms with Crippen molar-refractivity contribution in [1.82, 2.24) is 10.1 Å². The first kappa shape index (κ1) is 19.2. The molecule has 0 spiro atoms. The fraction of sp³-hybridized carbons (Fsp3) is 0.200. The van der Waals surface area contributed by atoms with E-state index in [4.69, 9.17) is 14.0 Å². The van der Waals surface area contributed by atoms with Gasteiger partial charge in [0.05, 0.1) is 5.56 Å². The van der Waals surface area contributed by atoms with E-state index in [2.05, 4.69) is 30.9 Å². The van der Waals surface area contributed by atoms with E-state index in [0.717, 1.165) is 22.3 Å². The first-order valence-electron chi connectivity index (χ1n) is 10.1. The molecule has 0 radical (unpaired) electrons. The standard InChI is InChI=1S/C25H22N2O4/c1-25(2,3)17-12-18(15-7-5-4-6-8-15)22(28)19(13-17)23-26-24(31-27-23)16-9-10-20-21(11-16)30-14-29-20/h4-13,28H,14H2,1-3H3. The topological polar surface area (TPSA) is 77.6 Å². The molecule has 1 aromatic heterocycles. The lowest BCUT2D eigenvalue weighted by atomic mass is 9.83. The van der Waals surface area contributed by atoms with Crippen LogP contribution in [0.3, 0.4) is 0 Å². The fourth-order valence-corrected chi connectivity index (χ4v) is 3.56. The van der Waals surface area contributed by atoms with Crippen LogP contribution in [0.15, 0.2) is 65.2 Å². The number of nitrogens with zero attached hydrogens (tertiary/aromatic N) is 2. The molecule has 6 nitrogen and oxygen atoms in total. The molecule has 0 saturated carbocycles. The fourth-order valence-electron chi connectivity index (χ4n) is 3.56. The van der Waals surface area contributed by atoms with Gasteiger partial charge in [-0.1, -0.05) is 56.3 Å². The summed E-state index contributed by atoms with van der Waals surface area (Å²) < 4.78 is 16.3. The minimum atomic E-state index is -0.129. The van der Waals surface area contributed by atoms with Gasteiger partial charge in [-0.05, 0) is 46.9 Å². The van der Waals surface area contributed by atoms with Crippen molar-refractivity contribution in [1.29, 1.82) is 0 Å². The van der Waals surface area contributed by atoms with Gasteiger partial charge in [0, 0.05) is 11.1 Å². The van der Waals surface area contributed by atoms with Crippen molar-refractivity contribution in [3.05, 3.63) is 66.2 Å². The summed E-state index contributed by atoms with van der Waals surface area (Å²) in [7, 11) is 0. The van der Waals surface area contributed by atoms with Crippen LogP contribution in [0.2, 0.25) is 0 Å². The Morgan fingerprint density at radius 1 is 0.839 bits per heavy atom. The minimum Gasteiger partial charge on any atom is -0.507 e. The number of aromatic nitrogens is 2. The molecule has 1 aliphatic heterocycles. The Bertz CT molecular complexity index is 1260. The zero-order valence-corrected chi connectivity index (χ0v) is 17.5. The Morgan fingerprint density at radius 3 is 2.35 bits per heavy atom. The van der Waals surface area contributed by atoms with E-state index < -0.39 is 0 Å². The molecule has 31 heavy (non-hydrogen) atoms. The molecule has 0 atom stereocenters. The summed E-state index contributed by atoms with van der Waals surface area (Å²) in [6.07, 6.45) is 0. The lowest BCUT2D eigenvalue weighted by Gasteiger charge is -2.22. The highest BCUT2D eigenvalue weighted by Crippen LogP contribution is 2.42. The van der Waals surface area contributed by atoms with Crippen LogP contribution in [0.25, 0.3) is 34.0 Å². The molecule has 5 rings (SSSR count). The largest absolute Gasteiger partial charge is 0.507 e. The summed E-state index contributed by atoms with van der Waals surface area (Å²) in [4.78, 5) is 4.56. The minimum absolute atomic E-state index is 0.122. The Morgan fingerprint density at radius 2 is 1.58 bits per heavy atom. The lowest BCUT2D eigenvalue weighted by Crippen LogP contribution is -2.11. The van der Waals surface area contributed by atoms with Gasteiger partial charge in [0.1, 0.15) is 5.75 Å². The maximum atomic E-state index is 11.1. The maximum absolute atomic E-state index is 11.1. The summed E-state index contributed by atoms with van der Waals surface area (Å²) >= 11 is 0. The molecule has 0 amide bonds. The van der Waals surface area contributed by atoms with Gasteiger partial charge in [-0.15, -0.1) is 0 Å². The Hall–Kier alpha value is -3.80. The van der Waals surface area contributed by atoms with Crippen molar-refractivity contribution in [2.45, 2.75) is 26.2 Å². The van der Waals surface area contributed by atoms with Crippen LogP contribution >= 0.6 is 0 Å². The van der Waals surface area contributed by atoms with Crippen LogP contribution in [0.4, 0.5) is 0 Å². The van der Waals surface area contributed by atoms with Gasteiger partial charge in [0.2, 0.25) is 12.6 Å². The molecule has 4 aromatic rings. The molecule has 0 bridgehead atoms. The molecule has 1 N–H and O–H groups in total. The molecule has 0 saturated heterocycles. The quantitative estimate of drug-likeness (QED) is 0.456. The molecule has 6 heteroatoms. The van der Waals surface area contributed by atoms with Gasteiger partial charge in [-0.3, -0.25) is 0 Å². The second kappa shape index (κ2) is 7.16. The van der Waals surface area contributed by atoms with Gasteiger partial charge >= 0.3 is 0 Å². The predicted octanol–water partition coefficient (Wildman–Crippen LogP) is 5.80. The van der Waals surface area contributed by atoms with E-state index in [0.29, 0.717) is 28.8 Å². The summed E-state index contributed by atoms with van der Waals surface area (Å²) in [6.45, 7) is 6.59. The Labute approximate surface area is 180 Å². The van der Waals surface area contributed by atoms with Crippen LogP contribution in [-0.2, 0) is 5.41 Å². The number of hydrogen-bond acceptors (Lipinski definition) is 6. The molecular formula is C25H22N2O4. The third-order valence-electron chi connectivity index (χ3n) is 5.35. The average Bonchev–Trinajstić information content (AvgIpc) is 3.43. The van der Waals surface area contributed by atoms with Gasteiger partial charge < -0.3 is 19.1 Å². The van der Waals surface area contributed by atoms with E-state index in [1.807, 2.05) is 54.6 Å². The summed E-state index contributed by atoms with van der Waals surface area (Å²) in [5.74, 6) is 2.12. The number of hydrogen-bond donors (Lipinski definition) is 1. The molecule has 0 unspecified atom stereocenters. The number of phenols is 1. The van der Waals surface area contributed by atoms with Crippen LogP contribution in [0, 0.1) is 0 Å². The Balaban J connectivity index is 1.62. The van der Waals surface area contributed by atoms with Crippen molar-refractivity contribution in [2.24, 2.45) is 0 Å². The molecule has 1 aliphatic rings. The SMILES string of the molecule is CC(C)(C)c1cc(-c2ccccc2)c(O)c(-c2noc(-c3ccc4c(c3)OCO4)n2)c1. The van der Waals surface area contributed by atoms with E-state index in [1.54, 1.807) is 6.07 Å². The number of aromatic hydroxyl groups is 1. The lowest BCUT2D eigenvalue weighted by molar-refractivity contribution is 0.174. The van der Waals surface area contributed by atoms with E-state index >= 15 is 0 Å². The summed E-state index contributed by atoms with van der Waals surface area (Å²) in [6, 6.07) is 19.2. The number of phenolic OH excluding ortho intramolecular Hbond substituents is 1. The number of fused-ring (bicyclic) bond motifs is 1. The smallest absolute Gasteiger partial charge is 0.258 e. The van der Waals surface area contributed by atoms with Crippen molar-refractivity contribution in [3.63, 3.8) is 0 Å². The zero-order chi connectivity index (χ0) is 21.6. The van der Waals surface area contributed by atoms with Gasteiger partial charge in [0.15, 0.2) is 11.5 Å². The predicted molar refractivity (Wildman–Crippen MR) is 117 cm³/mol. The van der Waals surface area contributed by atoms with Crippen LogP contribution in [0.1, 0.15) is 26.3 Å². The number of ether oxygens (including phenoxy) is 2. The zero-order valence-electron chi connectivity index (χ0n) is 17.5. The molecule has 2 heterocycles. The normalized spacial score (nSPS) is 12.9. The molecule has 0 aliphatic carbocycles. The number of benzene rings is 3. The van der Waals surface area contributed by atoms with Gasteiger partial charge in [-0.25, -0.2) is 0 Å². The van der Waals surface area contributed by atoms with Gasteiger partial charge in [-0.2, -0.15) is 4.98 Å². The van der Waals surface area contributed by atoms with E-state index in [-0.39, 0.29) is 18.0 Å². The van der Waals surface area contributed by atoms with Crippen molar-refractivity contribution >= 4 is 0 Å². The second-order valence-electron chi connectivity index (χ2n) is 8.53. The highest BCUT2D eigenvalue weighted by Gasteiger charge is 2.23. The van der Waals surface area contributed by atoms with Crippen LogP contribution in [0.5, 0.6) is 17.2 Å². The average molecular weight is 414 g/mol. The molecule has 3 aromatic carbocycles. The van der Waals surface area contributed by atoms with Crippen LogP contribution < -0.4 is 9.47 Å². The van der Waals surface area contributed by atoms with Crippen LogP contribution in [-0.4, -0.2) is 22.0 Å². The maximum Gasteiger partial charge on any atom is 0.258 e. The van der Waals surface area contributed by atoms with Gasteiger partial charge in [0.25, 0.3) is 5.89 Å². The summed E-state index contributed by atoms with van der Waals surface area (Å²) in [5, 5.41) is 15.3. The third kappa shape index (κ3) is 3.50. The molecule has 156 valence electrons. The first-order valence-corrected chi connectivity index (χ1v) is 10.1. The second-order valence-corrected chi connectivity index (χ2v) is 8.53. The third-order valence-corrected chi connectivity index (χ3v) is 5.35. The van der Waals surface area contributed by atoms with E-state index in [9.17, 15) is 5.11 Å². The molecular weight excluding hydrogens is 392 g/mol. The Kier molecular flexibility index (Phi) is 4.43. The van der Waals surface area contributed by atoms with Crippen molar-refractivity contribution in [3.8, 4) is 51.2 Å². The molecule has 0 fully saturated rings. The number of rotatable bonds is 3. The summed E-state index contributed by atoms with van der Waals surface area (Å²) in [5.41, 5.74) is 3.84. The van der Waals surface area contributed by atoms with E-state index in [1.165, 1.54) is 0 Å². The highest BCUT2D eigenvalue weighted by molar-refractivity contribution is 5.81.